The summed E-state index contributed by atoms with van der Waals surface area (Å²) in [5.41, 5.74) is 0.637. The van der Waals surface area contributed by atoms with Crippen LogP contribution in [0, 0.1) is 15.9 Å². The lowest BCUT2D eigenvalue weighted by molar-refractivity contribution is -0.384. The van der Waals surface area contributed by atoms with Crippen LogP contribution >= 0.6 is 11.8 Å². The maximum absolute atomic E-state index is 13.4. The minimum atomic E-state index is -0.525. The van der Waals surface area contributed by atoms with Crippen molar-refractivity contribution in [3.05, 3.63) is 76.1 Å². The van der Waals surface area contributed by atoms with Gasteiger partial charge in [-0.25, -0.2) is 9.18 Å². The van der Waals surface area contributed by atoms with Gasteiger partial charge in [0.05, 0.1) is 4.92 Å². The molecule has 7 heteroatoms. The standard InChI is InChI=1S/C17H14FNO4S/c18-15-3-1-2-4-16(15)24-12-11-23-17(20)10-7-13-5-8-14(9-6-13)19(21)22/h1-10H,11-12H2/b10-7+. The summed E-state index contributed by atoms with van der Waals surface area (Å²) < 4.78 is 18.4. The van der Waals surface area contributed by atoms with Crippen molar-refractivity contribution in [2.75, 3.05) is 12.4 Å². The van der Waals surface area contributed by atoms with Crippen LogP contribution in [-0.4, -0.2) is 23.3 Å². The Hall–Kier alpha value is -2.67. The zero-order valence-corrected chi connectivity index (χ0v) is 13.4. The van der Waals surface area contributed by atoms with Crippen molar-refractivity contribution in [3.8, 4) is 0 Å². The van der Waals surface area contributed by atoms with E-state index in [0.717, 1.165) is 0 Å². The van der Waals surface area contributed by atoms with Gasteiger partial charge in [0.15, 0.2) is 0 Å². The number of hydrogen-bond acceptors (Lipinski definition) is 5. The van der Waals surface area contributed by atoms with Gasteiger partial charge in [-0.15, -0.1) is 11.8 Å². The molecule has 0 aliphatic heterocycles. The number of hydrogen-bond donors (Lipinski definition) is 0. The van der Waals surface area contributed by atoms with E-state index in [-0.39, 0.29) is 18.1 Å². The molecule has 0 saturated carbocycles. The van der Waals surface area contributed by atoms with E-state index in [2.05, 4.69) is 0 Å². The minimum absolute atomic E-state index is 0.0140. The van der Waals surface area contributed by atoms with Crippen LogP contribution in [0.5, 0.6) is 0 Å². The molecule has 0 fully saturated rings. The van der Waals surface area contributed by atoms with Gasteiger partial charge in [0.2, 0.25) is 0 Å². The number of nitro benzene ring substituents is 1. The van der Waals surface area contributed by atoms with Crippen molar-refractivity contribution in [3.63, 3.8) is 0 Å². The zero-order valence-electron chi connectivity index (χ0n) is 12.6. The van der Waals surface area contributed by atoms with E-state index in [1.54, 1.807) is 18.2 Å². The molecule has 0 aromatic heterocycles. The van der Waals surface area contributed by atoms with Crippen molar-refractivity contribution in [1.29, 1.82) is 0 Å². The lowest BCUT2D eigenvalue weighted by Crippen LogP contribution is -2.04. The van der Waals surface area contributed by atoms with E-state index in [9.17, 15) is 19.3 Å². The number of carbonyl (C=O) groups is 1. The highest BCUT2D eigenvalue weighted by Crippen LogP contribution is 2.20. The molecular formula is C17H14FNO4S. The van der Waals surface area contributed by atoms with Crippen molar-refractivity contribution < 1.29 is 18.8 Å². The maximum atomic E-state index is 13.4. The number of nitro groups is 1. The summed E-state index contributed by atoms with van der Waals surface area (Å²) in [4.78, 5) is 22.1. The van der Waals surface area contributed by atoms with E-state index >= 15 is 0 Å². The zero-order chi connectivity index (χ0) is 17.4. The van der Waals surface area contributed by atoms with Gasteiger partial charge in [-0.3, -0.25) is 10.1 Å². The molecule has 0 atom stereocenters. The number of benzene rings is 2. The van der Waals surface area contributed by atoms with Crippen molar-refractivity contribution in [2.24, 2.45) is 0 Å². The molecule has 0 N–H and O–H groups in total. The van der Waals surface area contributed by atoms with Crippen LogP contribution in [0.2, 0.25) is 0 Å². The molecule has 5 nitrogen and oxygen atoms in total. The van der Waals surface area contributed by atoms with E-state index in [1.165, 1.54) is 54.2 Å². The van der Waals surface area contributed by atoms with Crippen LogP contribution in [0.25, 0.3) is 6.08 Å². The fourth-order valence-electron chi connectivity index (χ4n) is 1.78. The summed E-state index contributed by atoms with van der Waals surface area (Å²) in [5, 5.41) is 10.5. The lowest BCUT2D eigenvalue weighted by Gasteiger charge is -2.03. The fraction of sp³-hybridized carbons (Fsp3) is 0.118. The Morgan fingerprint density at radius 2 is 1.92 bits per heavy atom. The third-order valence-electron chi connectivity index (χ3n) is 2.94. The average molecular weight is 347 g/mol. The maximum Gasteiger partial charge on any atom is 0.330 e. The second kappa shape index (κ2) is 8.83. The number of esters is 1. The van der Waals surface area contributed by atoms with Crippen molar-refractivity contribution in [2.45, 2.75) is 4.90 Å². The van der Waals surface area contributed by atoms with E-state index < -0.39 is 10.9 Å². The molecular weight excluding hydrogens is 333 g/mol. The van der Waals surface area contributed by atoms with Crippen molar-refractivity contribution in [1.82, 2.24) is 0 Å². The van der Waals surface area contributed by atoms with Crippen LogP contribution in [0.3, 0.4) is 0 Å². The number of halogens is 1. The average Bonchev–Trinajstić information content (AvgIpc) is 2.58. The quantitative estimate of drug-likeness (QED) is 0.188. The molecule has 0 aliphatic rings. The molecule has 2 aromatic carbocycles. The largest absolute Gasteiger partial charge is 0.462 e. The van der Waals surface area contributed by atoms with Crippen LogP contribution < -0.4 is 0 Å². The summed E-state index contributed by atoms with van der Waals surface area (Å²) >= 11 is 1.27. The molecule has 0 saturated heterocycles. The number of carbonyl (C=O) groups excluding carboxylic acids is 1. The number of non-ortho nitro benzene ring substituents is 1. The van der Waals surface area contributed by atoms with Gasteiger partial charge in [0.1, 0.15) is 12.4 Å². The molecule has 124 valence electrons. The van der Waals surface area contributed by atoms with Crippen LogP contribution in [0.1, 0.15) is 5.56 Å². The Kier molecular flexibility index (Phi) is 6.51. The molecule has 0 spiro atoms. The van der Waals surface area contributed by atoms with E-state index in [1.807, 2.05) is 0 Å². The predicted molar refractivity (Wildman–Crippen MR) is 90.2 cm³/mol. The highest BCUT2D eigenvalue weighted by atomic mass is 32.2. The normalized spacial score (nSPS) is 10.7. The number of ether oxygens (including phenoxy) is 1. The fourth-order valence-corrected chi connectivity index (χ4v) is 2.54. The van der Waals surface area contributed by atoms with Gasteiger partial charge in [-0.05, 0) is 35.9 Å². The SMILES string of the molecule is O=C(/C=C/c1ccc([N+](=O)[O-])cc1)OCCSc1ccccc1F. The highest BCUT2D eigenvalue weighted by Gasteiger charge is 2.04. The van der Waals surface area contributed by atoms with Gasteiger partial charge in [0.25, 0.3) is 5.69 Å². The highest BCUT2D eigenvalue weighted by molar-refractivity contribution is 7.99. The van der Waals surface area contributed by atoms with E-state index in [4.69, 9.17) is 4.74 Å². The minimum Gasteiger partial charge on any atom is -0.462 e. The summed E-state index contributed by atoms with van der Waals surface area (Å²) in [6.45, 7) is 0.155. The lowest BCUT2D eigenvalue weighted by atomic mass is 10.2. The summed E-state index contributed by atoms with van der Waals surface area (Å²) in [6.07, 6.45) is 2.75. The smallest absolute Gasteiger partial charge is 0.330 e. The number of thioether (sulfide) groups is 1. The molecule has 2 rings (SSSR count). The Morgan fingerprint density at radius 1 is 1.21 bits per heavy atom. The van der Waals surface area contributed by atoms with Gasteiger partial charge < -0.3 is 4.74 Å². The van der Waals surface area contributed by atoms with E-state index in [0.29, 0.717) is 16.2 Å². The van der Waals surface area contributed by atoms with Crippen LogP contribution in [-0.2, 0) is 9.53 Å². The number of rotatable bonds is 7. The van der Waals surface area contributed by atoms with Gasteiger partial charge in [0, 0.05) is 28.9 Å². The molecule has 0 radical (unpaired) electrons. The molecule has 24 heavy (non-hydrogen) atoms. The monoisotopic (exact) mass is 347 g/mol. The summed E-state index contributed by atoms with van der Waals surface area (Å²) in [7, 11) is 0. The Morgan fingerprint density at radius 3 is 2.58 bits per heavy atom. The summed E-state index contributed by atoms with van der Waals surface area (Å²) in [5.74, 6) is -0.382. The third-order valence-corrected chi connectivity index (χ3v) is 3.95. The van der Waals surface area contributed by atoms with Crippen LogP contribution in [0.15, 0.2) is 59.5 Å². The molecule has 0 unspecified atom stereocenters. The number of nitrogens with zero attached hydrogens (tertiary/aromatic N) is 1. The second-order valence-corrected chi connectivity index (χ2v) is 5.77. The Labute approximate surface area is 142 Å². The van der Waals surface area contributed by atoms with Crippen LogP contribution in [0.4, 0.5) is 10.1 Å². The predicted octanol–water partition coefficient (Wildman–Crippen LogP) is 4.08. The molecule has 0 aliphatic carbocycles. The first-order valence-electron chi connectivity index (χ1n) is 7.03. The second-order valence-electron chi connectivity index (χ2n) is 4.63. The Balaban J connectivity index is 1.74. The topological polar surface area (TPSA) is 69.4 Å². The van der Waals surface area contributed by atoms with Gasteiger partial charge >= 0.3 is 5.97 Å². The molecule has 0 heterocycles. The van der Waals surface area contributed by atoms with Gasteiger partial charge in [-0.2, -0.15) is 0 Å². The first-order valence-corrected chi connectivity index (χ1v) is 8.01. The van der Waals surface area contributed by atoms with Gasteiger partial charge in [-0.1, -0.05) is 12.1 Å². The van der Waals surface area contributed by atoms with Crippen molar-refractivity contribution >= 4 is 29.5 Å². The molecule has 0 amide bonds. The first kappa shape index (κ1) is 17.7. The molecule has 0 bridgehead atoms. The first-order chi connectivity index (χ1) is 11.6. The Bertz CT molecular complexity index is 747. The molecule has 2 aromatic rings. The summed E-state index contributed by atoms with van der Waals surface area (Å²) in [6, 6.07) is 12.2. The third kappa shape index (κ3) is 5.51.